The monoisotopic (exact) mass is 159 g/mol. The van der Waals surface area contributed by atoms with Gasteiger partial charge < -0.3 is 5.73 Å². The molecular formula is C7H7ClFN. The van der Waals surface area contributed by atoms with E-state index in [1.807, 2.05) is 0 Å². The second-order valence-electron chi connectivity index (χ2n) is 2.12. The van der Waals surface area contributed by atoms with Gasteiger partial charge in [0.1, 0.15) is 5.82 Å². The lowest BCUT2D eigenvalue weighted by Crippen LogP contribution is -1.90. The predicted octanol–water partition coefficient (Wildman–Crippen LogP) is 2.37. The van der Waals surface area contributed by atoms with Gasteiger partial charge in [-0.1, -0.05) is 11.6 Å². The van der Waals surface area contributed by atoms with E-state index in [2.05, 4.69) is 0 Å². The molecular weight excluding hydrogens is 153 g/mol. The Morgan fingerprint density at radius 2 is 2.10 bits per heavy atom. The van der Waals surface area contributed by atoms with Gasteiger partial charge in [-0.2, -0.15) is 0 Å². The summed E-state index contributed by atoms with van der Waals surface area (Å²) in [5, 5.41) is 0.499. The van der Waals surface area contributed by atoms with Crippen LogP contribution in [0.4, 0.5) is 10.1 Å². The summed E-state index contributed by atoms with van der Waals surface area (Å²) in [6.07, 6.45) is 0. The lowest BCUT2D eigenvalue weighted by Gasteiger charge is -1.99. The fourth-order valence-corrected chi connectivity index (χ4v) is 0.834. The lowest BCUT2D eigenvalue weighted by atomic mass is 10.2. The van der Waals surface area contributed by atoms with E-state index in [1.165, 1.54) is 12.1 Å². The third kappa shape index (κ3) is 1.21. The van der Waals surface area contributed by atoms with Crippen molar-refractivity contribution in [2.24, 2.45) is 0 Å². The van der Waals surface area contributed by atoms with Crippen molar-refractivity contribution in [2.45, 2.75) is 6.92 Å². The third-order valence-electron chi connectivity index (χ3n) is 1.28. The van der Waals surface area contributed by atoms with Gasteiger partial charge in [-0.3, -0.25) is 0 Å². The Morgan fingerprint density at radius 3 is 2.60 bits per heavy atom. The topological polar surface area (TPSA) is 26.0 Å². The van der Waals surface area contributed by atoms with Gasteiger partial charge in [-0.25, -0.2) is 4.39 Å². The maximum atomic E-state index is 12.6. The first-order valence-electron chi connectivity index (χ1n) is 2.82. The standard InChI is InChI=1S/C7H7ClFN/c1-4-2-6(9)7(10)3-5(4)8/h2-3H,10H2,1H3. The summed E-state index contributed by atoms with van der Waals surface area (Å²) in [5.74, 6) is -0.415. The number of anilines is 1. The molecule has 0 fully saturated rings. The fourth-order valence-electron chi connectivity index (χ4n) is 0.662. The molecule has 1 aromatic carbocycles. The summed E-state index contributed by atoms with van der Waals surface area (Å²) in [6.45, 7) is 1.73. The van der Waals surface area contributed by atoms with Gasteiger partial charge in [-0.15, -0.1) is 0 Å². The smallest absolute Gasteiger partial charge is 0.146 e. The number of nitrogens with two attached hydrogens (primary N) is 1. The summed E-state index contributed by atoms with van der Waals surface area (Å²) in [5.41, 5.74) is 6.03. The minimum atomic E-state index is -0.415. The van der Waals surface area contributed by atoms with Crippen molar-refractivity contribution in [2.75, 3.05) is 5.73 Å². The van der Waals surface area contributed by atoms with Crippen LogP contribution in [0.2, 0.25) is 5.02 Å². The van der Waals surface area contributed by atoms with Crippen LogP contribution < -0.4 is 5.73 Å². The Morgan fingerprint density at radius 1 is 1.50 bits per heavy atom. The molecule has 0 saturated carbocycles. The minimum absolute atomic E-state index is 0.0931. The van der Waals surface area contributed by atoms with Crippen LogP contribution in [0.15, 0.2) is 12.1 Å². The van der Waals surface area contributed by atoms with Crippen LogP contribution in [0.25, 0.3) is 0 Å². The van der Waals surface area contributed by atoms with Crippen molar-refractivity contribution in [1.82, 2.24) is 0 Å². The third-order valence-corrected chi connectivity index (χ3v) is 1.69. The Hall–Kier alpha value is -0.760. The van der Waals surface area contributed by atoms with E-state index >= 15 is 0 Å². The summed E-state index contributed by atoms with van der Waals surface area (Å²) in [7, 11) is 0. The zero-order valence-corrected chi connectivity index (χ0v) is 6.24. The first-order valence-corrected chi connectivity index (χ1v) is 3.20. The molecule has 0 amide bonds. The zero-order chi connectivity index (χ0) is 7.72. The molecule has 0 unspecified atom stereocenters. The maximum absolute atomic E-state index is 12.6. The second kappa shape index (κ2) is 2.46. The van der Waals surface area contributed by atoms with Crippen LogP contribution >= 0.6 is 11.6 Å². The van der Waals surface area contributed by atoms with Crippen molar-refractivity contribution >= 4 is 17.3 Å². The first kappa shape index (κ1) is 7.35. The van der Waals surface area contributed by atoms with Crippen molar-refractivity contribution in [3.8, 4) is 0 Å². The van der Waals surface area contributed by atoms with E-state index in [0.717, 1.165) is 0 Å². The number of benzene rings is 1. The summed E-state index contributed by atoms with van der Waals surface area (Å²) in [6, 6.07) is 2.73. The highest BCUT2D eigenvalue weighted by Crippen LogP contribution is 2.20. The first-order chi connectivity index (χ1) is 4.61. The molecule has 0 spiro atoms. The number of hydrogen-bond donors (Lipinski definition) is 1. The largest absolute Gasteiger partial charge is 0.396 e. The highest BCUT2D eigenvalue weighted by atomic mass is 35.5. The number of halogens is 2. The van der Waals surface area contributed by atoms with Crippen molar-refractivity contribution in [1.29, 1.82) is 0 Å². The van der Waals surface area contributed by atoms with Crippen molar-refractivity contribution in [3.63, 3.8) is 0 Å². The number of hydrogen-bond acceptors (Lipinski definition) is 1. The van der Waals surface area contributed by atoms with Crippen molar-refractivity contribution < 1.29 is 4.39 Å². The Labute approximate surface area is 63.6 Å². The van der Waals surface area contributed by atoms with E-state index in [-0.39, 0.29) is 5.69 Å². The van der Waals surface area contributed by atoms with E-state index in [1.54, 1.807) is 6.92 Å². The SMILES string of the molecule is Cc1cc(F)c(N)cc1Cl. The van der Waals surface area contributed by atoms with E-state index < -0.39 is 5.82 Å². The molecule has 1 rings (SSSR count). The summed E-state index contributed by atoms with van der Waals surface area (Å²) in [4.78, 5) is 0. The van der Waals surface area contributed by atoms with Gasteiger partial charge in [0.15, 0.2) is 0 Å². The maximum Gasteiger partial charge on any atom is 0.146 e. The van der Waals surface area contributed by atoms with E-state index in [0.29, 0.717) is 10.6 Å². The average Bonchev–Trinajstić information content (AvgIpc) is 1.84. The van der Waals surface area contributed by atoms with Crippen LogP contribution in [0.5, 0.6) is 0 Å². The second-order valence-corrected chi connectivity index (χ2v) is 2.53. The molecule has 0 aliphatic heterocycles. The lowest BCUT2D eigenvalue weighted by molar-refractivity contribution is 0.631. The van der Waals surface area contributed by atoms with Gasteiger partial charge in [0.2, 0.25) is 0 Å². The molecule has 0 heterocycles. The molecule has 1 aromatic rings. The molecule has 0 radical (unpaired) electrons. The molecule has 54 valence electrons. The summed E-state index contributed by atoms with van der Waals surface area (Å²) < 4.78 is 12.6. The Kier molecular flexibility index (Phi) is 1.81. The van der Waals surface area contributed by atoms with E-state index in [9.17, 15) is 4.39 Å². The Bertz CT molecular complexity index is 210. The van der Waals surface area contributed by atoms with Gasteiger partial charge in [0, 0.05) is 5.02 Å². The fraction of sp³-hybridized carbons (Fsp3) is 0.143. The van der Waals surface area contributed by atoms with Gasteiger partial charge >= 0.3 is 0 Å². The Balaban J connectivity index is 3.28. The molecule has 1 nitrogen and oxygen atoms in total. The van der Waals surface area contributed by atoms with Crippen LogP contribution in [0, 0.1) is 12.7 Å². The quantitative estimate of drug-likeness (QED) is 0.578. The molecule has 0 aliphatic rings. The van der Waals surface area contributed by atoms with E-state index in [4.69, 9.17) is 17.3 Å². The van der Waals surface area contributed by atoms with Crippen LogP contribution in [-0.2, 0) is 0 Å². The summed E-state index contributed by atoms with van der Waals surface area (Å²) >= 11 is 5.64. The highest BCUT2D eigenvalue weighted by Gasteiger charge is 2.00. The van der Waals surface area contributed by atoms with Gasteiger partial charge in [0.25, 0.3) is 0 Å². The zero-order valence-electron chi connectivity index (χ0n) is 5.49. The predicted molar refractivity (Wildman–Crippen MR) is 40.6 cm³/mol. The molecule has 3 heteroatoms. The number of rotatable bonds is 0. The molecule has 0 bridgehead atoms. The average molecular weight is 160 g/mol. The van der Waals surface area contributed by atoms with Crippen LogP contribution in [-0.4, -0.2) is 0 Å². The molecule has 0 saturated heterocycles. The van der Waals surface area contributed by atoms with Gasteiger partial charge in [-0.05, 0) is 24.6 Å². The molecule has 0 aromatic heterocycles. The highest BCUT2D eigenvalue weighted by molar-refractivity contribution is 6.31. The minimum Gasteiger partial charge on any atom is -0.396 e. The molecule has 0 atom stereocenters. The number of aryl methyl sites for hydroxylation is 1. The molecule has 0 aliphatic carbocycles. The normalized spacial score (nSPS) is 9.90. The van der Waals surface area contributed by atoms with Crippen molar-refractivity contribution in [3.05, 3.63) is 28.5 Å². The van der Waals surface area contributed by atoms with Gasteiger partial charge in [0.05, 0.1) is 5.69 Å². The van der Waals surface area contributed by atoms with Crippen LogP contribution in [0.3, 0.4) is 0 Å². The van der Waals surface area contributed by atoms with Crippen LogP contribution in [0.1, 0.15) is 5.56 Å². The number of nitrogen functional groups attached to an aromatic ring is 1. The molecule has 10 heavy (non-hydrogen) atoms. The molecule has 2 N–H and O–H groups in total.